The number of amides is 1. The van der Waals surface area contributed by atoms with Crippen molar-refractivity contribution in [3.63, 3.8) is 0 Å². The van der Waals surface area contributed by atoms with Gasteiger partial charge in [0.1, 0.15) is 11.6 Å². The van der Waals surface area contributed by atoms with Crippen molar-refractivity contribution in [2.75, 3.05) is 44.4 Å². The van der Waals surface area contributed by atoms with Gasteiger partial charge in [-0.3, -0.25) is 4.79 Å². The molecule has 0 spiro atoms. The zero-order chi connectivity index (χ0) is 17.5. The summed E-state index contributed by atoms with van der Waals surface area (Å²) in [6.07, 6.45) is 3.66. The second-order valence-electron chi connectivity index (χ2n) is 6.21. The van der Waals surface area contributed by atoms with Crippen LogP contribution in [-0.2, 0) is 14.3 Å². The fourth-order valence-electron chi connectivity index (χ4n) is 3.03. The SMILES string of the molecule is N#C/C(=C/c1ccc(N2CCOCC2)cc1)C(=O)NC[C@H]1CCCO1. The molecule has 1 amide bonds. The zero-order valence-electron chi connectivity index (χ0n) is 14.2. The van der Waals surface area contributed by atoms with E-state index in [9.17, 15) is 10.1 Å². The second-order valence-corrected chi connectivity index (χ2v) is 6.21. The average Bonchev–Trinajstić information content (AvgIpc) is 3.19. The van der Waals surface area contributed by atoms with Gasteiger partial charge in [-0.2, -0.15) is 5.26 Å². The third-order valence-electron chi connectivity index (χ3n) is 4.46. The Morgan fingerprint density at radius 1 is 1.28 bits per heavy atom. The molecule has 25 heavy (non-hydrogen) atoms. The smallest absolute Gasteiger partial charge is 0.262 e. The molecule has 2 saturated heterocycles. The number of rotatable bonds is 5. The lowest BCUT2D eigenvalue weighted by molar-refractivity contribution is -0.117. The molecule has 0 aromatic heterocycles. The standard InChI is InChI=1S/C19H23N3O3/c20-13-16(19(23)21-14-18-2-1-9-25-18)12-15-3-5-17(6-4-15)22-7-10-24-11-8-22/h3-6,12,18H,1-2,7-11,14H2,(H,21,23)/b16-12-/t18-/m1/s1. The molecular formula is C19H23N3O3. The van der Waals surface area contributed by atoms with Crippen LogP contribution in [0.2, 0.25) is 0 Å². The molecule has 2 aliphatic rings. The number of hydrogen-bond donors (Lipinski definition) is 1. The normalized spacial score (nSPS) is 21.0. The zero-order valence-corrected chi connectivity index (χ0v) is 14.2. The highest BCUT2D eigenvalue weighted by atomic mass is 16.5. The number of nitrogens with zero attached hydrogens (tertiary/aromatic N) is 2. The van der Waals surface area contributed by atoms with Gasteiger partial charge in [0.2, 0.25) is 0 Å². The number of carbonyl (C=O) groups excluding carboxylic acids is 1. The van der Waals surface area contributed by atoms with Crippen molar-refractivity contribution in [3.05, 3.63) is 35.4 Å². The molecule has 2 aliphatic heterocycles. The van der Waals surface area contributed by atoms with Crippen molar-refractivity contribution < 1.29 is 14.3 Å². The third kappa shape index (κ3) is 4.81. The van der Waals surface area contributed by atoms with Crippen LogP contribution in [0.3, 0.4) is 0 Å². The van der Waals surface area contributed by atoms with E-state index in [-0.39, 0.29) is 17.6 Å². The first-order chi connectivity index (χ1) is 12.3. The monoisotopic (exact) mass is 341 g/mol. The summed E-state index contributed by atoms with van der Waals surface area (Å²) >= 11 is 0. The molecule has 6 nitrogen and oxygen atoms in total. The van der Waals surface area contributed by atoms with E-state index in [1.165, 1.54) is 0 Å². The van der Waals surface area contributed by atoms with Crippen molar-refractivity contribution >= 4 is 17.7 Å². The largest absolute Gasteiger partial charge is 0.378 e. The summed E-state index contributed by atoms with van der Waals surface area (Å²) in [5.74, 6) is -0.352. The van der Waals surface area contributed by atoms with Crippen LogP contribution >= 0.6 is 0 Å². The Labute approximate surface area is 148 Å². The van der Waals surface area contributed by atoms with Gasteiger partial charge >= 0.3 is 0 Å². The number of carbonyl (C=O) groups is 1. The minimum Gasteiger partial charge on any atom is -0.378 e. The summed E-state index contributed by atoms with van der Waals surface area (Å²) < 4.78 is 10.8. The van der Waals surface area contributed by atoms with Crippen LogP contribution in [-0.4, -0.2) is 51.5 Å². The van der Waals surface area contributed by atoms with Crippen molar-refractivity contribution in [3.8, 4) is 6.07 Å². The van der Waals surface area contributed by atoms with Gasteiger partial charge in [-0.05, 0) is 36.6 Å². The maximum absolute atomic E-state index is 12.2. The highest BCUT2D eigenvalue weighted by Gasteiger charge is 2.17. The molecule has 2 heterocycles. The van der Waals surface area contributed by atoms with Crippen LogP contribution in [0.4, 0.5) is 5.69 Å². The van der Waals surface area contributed by atoms with Crippen LogP contribution in [0.25, 0.3) is 6.08 Å². The maximum Gasteiger partial charge on any atom is 0.262 e. The van der Waals surface area contributed by atoms with Crippen molar-refractivity contribution in [2.24, 2.45) is 0 Å². The maximum atomic E-state index is 12.2. The van der Waals surface area contributed by atoms with E-state index in [2.05, 4.69) is 10.2 Å². The van der Waals surface area contributed by atoms with E-state index in [1.54, 1.807) is 6.08 Å². The average molecular weight is 341 g/mol. The van der Waals surface area contributed by atoms with Gasteiger partial charge in [-0.15, -0.1) is 0 Å². The number of benzene rings is 1. The molecule has 1 aromatic carbocycles. The molecule has 6 heteroatoms. The minimum atomic E-state index is -0.352. The quantitative estimate of drug-likeness (QED) is 0.652. The molecule has 0 bridgehead atoms. The van der Waals surface area contributed by atoms with Gasteiger partial charge in [0.15, 0.2) is 0 Å². The van der Waals surface area contributed by atoms with Crippen LogP contribution in [0.5, 0.6) is 0 Å². The lowest BCUT2D eigenvalue weighted by atomic mass is 10.1. The number of nitrogens with one attached hydrogen (secondary N) is 1. The molecule has 2 fully saturated rings. The summed E-state index contributed by atoms with van der Waals surface area (Å²) in [6, 6.07) is 9.86. The van der Waals surface area contributed by atoms with Gasteiger partial charge < -0.3 is 19.7 Å². The molecule has 1 atom stereocenters. The van der Waals surface area contributed by atoms with Gasteiger partial charge in [-0.25, -0.2) is 0 Å². The van der Waals surface area contributed by atoms with Gasteiger partial charge in [0.25, 0.3) is 5.91 Å². The molecule has 1 N–H and O–H groups in total. The van der Waals surface area contributed by atoms with E-state index in [0.717, 1.165) is 57.0 Å². The van der Waals surface area contributed by atoms with E-state index in [4.69, 9.17) is 9.47 Å². The predicted molar refractivity (Wildman–Crippen MR) is 95.0 cm³/mol. The number of ether oxygens (including phenoxy) is 2. The van der Waals surface area contributed by atoms with Gasteiger partial charge in [0, 0.05) is 31.9 Å². The lowest BCUT2D eigenvalue weighted by Gasteiger charge is -2.28. The first kappa shape index (κ1) is 17.5. The Morgan fingerprint density at radius 2 is 2.04 bits per heavy atom. The highest BCUT2D eigenvalue weighted by Crippen LogP contribution is 2.18. The van der Waals surface area contributed by atoms with Crippen LogP contribution in [0, 0.1) is 11.3 Å². The highest BCUT2D eigenvalue weighted by molar-refractivity contribution is 6.01. The molecule has 3 rings (SSSR count). The number of morpholine rings is 1. The fraction of sp³-hybridized carbons (Fsp3) is 0.474. The van der Waals surface area contributed by atoms with E-state index in [0.29, 0.717) is 6.54 Å². The van der Waals surface area contributed by atoms with Crippen molar-refractivity contribution in [1.82, 2.24) is 5.32 Å². The Balaban J connectivity index is 1.60. The fourth-order valence-corrected chi connectivity index (χ4v) is 3.03. The second kappa shape index (κ2) is 8.65. The van der Waals surface area contributed by atoms with Gasteiger partial charge in [-0.1, -0.05) is 12.1 Å². The molecule has 0 aliphatic carbocycles. The topological polar surface area (TPSA) is 74.6 Å². The molecular weight excluding hydrogens is 318 g/mol. The summed E-state index contributed by atoms with van der Waals surface area (Å²) in [7, 11) is 0. The van der Waals surface area contributed by atoms with Crippen molar-refractivity contribution in [2.45, 2.75) is 18.9 Å². The molecule has 0 unspecified atom stereocenters. The summed E-state index contributed by atoms with van der Waals surface area (Å²) in [5, 5.41) is 12.1. The lowest BCUT2D eigenvalue weighted by Crippen LogP contribution is -2.36. The van der Waals surface area contributed by atoms with Gasteiger partial charge in [0.05, 0.1) is 19.3 Å². The third-order valence-corrected chi connectivity index (χ3v) is 4.46. The predicted octanol–water partition coefficient (Wildman–Crippen LogP) is 1.73. The Hall–Kier alpha value is -2.36. The number of nitriles is 1. The Kier molecular flexibility index (Phi) is 6.04. The first-order valence-corrected chi connectivity index (χ1v) is 8.70. The van der Waals surface area contributed by atoms with Crippen LogP contribution < -0.4 is 10.2 Å². The first-order valence-electron chi connectivity index (χ1n) is 8.70. The molecule has 132 valence electrons. The van der Waals surface area contributed by atoms with Crippen molar-refractivity contribution in [1.29, 1.82) is 5.26 Å². The molecule has 0 radical (unpaired) electrons. The van der Waals surface area contributed by atoms with Crippen LogP contribution in [0.15, 0.2) is 29.8 Å². The molecule has 1 aromatic rings. The van der Waals surface area contributed by atoms with E-state index in [1.807, 2.05) is 30.3 Å². The summed E-state index contributed by atoms with van der Waals surface area (Å²) in [5.41, 5.74) is 2.07. The van der Waals surface area contributed by atoms with E-state index < -0.39 is 0 Å². The van der Waals surface area contributed by atoms with E-state index >= 15 is 0 Å². The molecule has 0 saturated carbocycles. The number of anilines is 1. The summed E-state index contributed by atoms with van der Waals surface area (Å²) in [4.78, 5) is 14.4. The Morgan fingerprint density at radius 3 is 2.68 bits per heavy atom. The minimum absolute atomic E-state index is 0.0664. The Bertz CT molecular complexity index is 651. The number of hydrogen-bond acceptors (Lipinski definition) is 5. The summed E-state index contributed by atoms with van der Waals surface area (Å²) in [6.45, 7) is 4.44. The van der Waals surface area contributed by atoms with Crippen LogP contribution in [0.1, 0.15) is 18.4 Å².